The number of pyridine rings is 1. The first-order valence-corrected chi connectivity index (χ1v) is 6.87. The molecule has 88 valence electrons. The lowest BCUT2D eigenvalue weighted by Crippen LogP contribution is -1.95. The third-order valence-electron chi connectivity index (χ3n) is 2.18. The Balaban J connectivity index is 2.34. The molecule has 0 radical (unpaired) electrons. The van der Waals surface area contributed by atoms with Crippen LogP contribution in [0.15, 0.2) is 39.4 Å². The number of nitrogens with one attached hydrogen (secondary N) is 1. The molecular weight excluding hydrogens is 367 g/mol. The Morgan fingerprint density at radius 2 is 2.00 bits per heavy atom. The smallest absolute Gasteiger partial charge is 0.149 e. The van der Waals surface area contributed by atoms with E-state index < -0.39 is 0 Å². The van der Waals surface area contributed by atoms with E-state index in [1.54, 1.807) is 12.3 Å². The van der Waals surface area contributed by atoms with E-state index >= 15 is 0 Å². The molecule has 0 aliphatic heterocycles. The van der Waals surface area contributed by atoms with E-state index in [1.807, 2.05) is 25.1 Å². The van der Waals surface area contributed by atoms with Crippen molar-refractivity contribution in [2.75, 3.05) is 5.32 Å². The van der Waals surface area contributed by atoms with Gasteiger partial charge in [0.05, 0.1) is 10.7 Å². The lowest BCUT2D eigenvalue weighted by atomic mass is 10.2. The summed E-state index contributed by atoms with van der Waals surface area (Å²) in [6, 6.07) is 7.86. The fourth-order valence-electron chi connectivity index (χ4n) is 1.37. The van der Waals surface area contributed by atoms with Gasteiger partial charge < -0.3 is 5.32 Å². The summed E-state index contributed by atoms with van der Waals surface area (Å²) < 4.78 is 1.83. The average Bonchev–Trinajstić information content (AvgIpc) is 2.27. The fourth-order valence-corrected chi connectivity index (χ4v) is 2.39. The number of hydrogen-bond acceptors (Lipinski definition) is 2. The molecule has 0 aliphatic rings. The second kappa shape index (κ2) is 5.38. The second-order valence-corrected chi connectivity index (χ2v) is 5.77. The summed E-state index contributed by atoms with van der Waals surface area (Å²) in [4.78, 5) is 4.23. The predicted molar refractivity (Wildman–Crippen MR) is 79.1 cm³/mol. The number of aryl methyl sites for hydroxylation is 1. The fraction of sp³-hybridized carbons (Fsp3) is 0.0833. The van der Waals surface area contributed by atoms with Crippen molar-refractivity contribution in [1.29, 1.82) is 0 Å². The SMILES string of the molecule is Cc1ccc(Br)c(Nc2ncc(Br)cc2Cl)c1. The van der Waals surface area contributed by atoms with Gasteiger partial charge in [-0.05, 0) is 62.5 Å². The lowest BCUT2D eigenvalue weighted by Gasteiger charge is -2.10. The summed E-state index contributed by atoms with van der Waals surface area (Å²) in [5, 5.41) is 3.77. The standard InChI is InChI=1S/C12H9Br2ClN2/c1-7-2-3-9(14)11(4-7)17-12-10(15)5-8(13)6-16-12/h2-6H,1H3,(H,16,17). The van der Waals surface area contributed by atoms with Gasteiger partial charge >= 0.3 is 0 Å². The van der Waals surface area contributed by atoms with Gasteiger partial charge in [0.1, 0.15) is 5.82 Å². The van der Waals surface area contributed by atoms with Gasteiger partial charge in [-0.15, -0.1) is 0 Å². The summed E-state index contributed by atoms with van der Waals surface area (Å²) in [6.45, 7) is 2.04. The monoisotopic (exact) mass is 374 g/mol. The number of benzene rings is 1. The van der Waals surface area contributed by atoms with Gasteiger partial charge in [-0.25, -0.2) is 4.98 Å². The first-order valence-electron chi connectivity index (χ1n) is 4.90. The predicted octanol–water partition coefficient (Wildman–Crippen LogP) is 5.31. The Bertz CT molecular complexity index is 558. The summed E-state index contributed by atoms with van der Waals surface area (Å²) >= 11 is 12.9. The second-order valence-electron chi connectivity index (χ2n) is 3.59. The van der Waals surface area contributed by atoms with Crippen LogP contribution in [0.3, 0.4) is 0 Å². The van der Waals surface area contributed by atoms with Crippen LogP contribution in [0.4, 0.5) is 11.5 Å². The molecule has 0 aliphatic carbocycles. The first kappa shape index (κ1) is 12.9. The van der Waals surface area contributed by atoms with Crippen LogP contribution in [0.1, 0.15) is 5.56 Å². The molecule has 2 aromatic rings. The Hall–Kier alpha value is -0.580. The molecule has 5 heteroatoms. The van der Waals surface area contributed by atoms with Crippen LogP contribution in [0, 0.1) is 6.92 Å². The Morgan fingerprint density at radius 3 is 2.71 bits per heavy atom. The highest BCUT2D eigenvalue weighted by Crippen LogP contribution is 2.30. The van der Waals surface area contributed by atoms with Gasteiger partial charge in [0.2, 0.25) is 0 Å². The quantitative estimate of drug-likeness (QED) is 0.768. The molecule has 0 unspecified atom stereocenters. The van der Waals surface area contributed by atoms with E-state index in [4.69, 9.17) is 11.6 Å². The van der Waals surface area contributed by atoms with Crippen LogP contribution in [0.25, 0.3) is 0 Å². The number of halogens is 3. The van der Waals surface area contributed by atoms with E-state index in [9.17, 15) is 0 Å². The number of hydrogen-bond donors (Lipinski definition) is 1. The molecule has 0 spiro atoms. The average molecular weight is 376 g/mol. The van der Waals surface area contributed by atoms with Crippen molar-refractivity contribution in [1.82, 2.24) is 4.98 Å². The first-order chi connectivity index (χ1) is 8.06. The zero-order chi connectivity index (χ0) is 12.4. The maximum absolute atomic E-state index is 6.10. The molecule has 1 N–H and O–H groups in total. The maximum atomic E-state index is 6.10. The van der Waals surface area contributed by atoms with Crippen molar-refractivity contribution in [3.63, 3.8) is 0 Å². The normalized spacial score (nSPS) is 10.4. The molecule has 2 nitrogen and oxygen atoms in total. The zero-order valence-electron chi connectivity index (χ0n) is 8.97. The lowest BCUT2D eigenvalue weighted by molar-refractivity contribution is 1.29. The molecule has 2 rings (SSSR count). The topological polar surface area (TPSA) is 24.9 Å². The largest absolute Gasteiger partial charge is 0.338 e. The van der Waals surface area contributed by atoms with Gasteiger partial charge in [0.15, 0.2) is 0 Å². The van der Waals surface area contributed by atoms with E-state index in [0.29, 0.717) is 10.8 Å². The minimum absolute atomic E-state index is 0.577. The van der Waals surface area contributed by atoms with Crippen LogP contribution in [0.2, 0.25) is 5.02 Å². The highest BCUT2D eigenvalue weighted by Gasteiger charge is 2.05. The molecular formula is C12H9Br2ClN2. The van der Waals surface area contributed by atoms with Crippen molar-refractivity contribution in [3.8, 4) is 0 Å². The Labute approximate surface area is 122 Å². The van der Waals surface area contributed by atoms with Crippen LogP contribution in [-0.4, -0.2) is 4.98 Å². The van der Waals surface area contributed by atoms with Gasteiger partial charge in [-0.1, -0.05) is 17.7 Å². The molecule has 0 saturated heterocycles. The summed E-state index contributed by atoms with van der Waals surface area (Å²) in [6.07, 6.45) is 1.71. The van der Waals surface area contributed by atoms with Crippen molar-refractivity contribution >= 4 is 55.0 Å². The van der Waals surface area contributed by atoms with E-state index in [2.05, 4.69) is 42.2 Å². The van der Waals surface area contributed by atoms with Crippen molar-refractivity contribution in [2.45, 2.75) is 6.92 Å². The minimum Gasteiger partial charge on any atom is -0.338 e. The summed E-state index contributed by atoms with van der Waals surface area (Å²) in [7, 11) is 0. The summed E-state index contributed by atoms with van der Waals surface area (Å²) in [5.74, 6) is 0.640. The third-order valence-corrected chi connectivity index (χ3v) is 3.60. The van der Waals surface area contributed by atoms with Crippen LogP contribution < -0.4 is 5.32 Å². The molecule has 17 heavy (non-hydrogen) atoms. The van der Waals surface area contributed by atoms with Crippen molar-refractivity contribution < 1.29 is 0 Å². The van der Waals surface area contributed by atoms with Crippen LogP contribution in [0.5, 0.6) is 0 Å². The molecule has 1 aromatic heterocycles. The maximum Gasteiger partial charge on any atom is 0.149 e. The number of anilines is 2. The minimum atomic E-state index is 0.577. The van der Waals surface area contributed by atoms with Gasteiger partial charge in [0.25, 0.3) is 0 Å². The van der Waals surface area contributed by atoms with Crippen molar-refractivity contribution in [3.05, 3.63) is 50.0 Å². The van der Waals surface area contributed by atoms with Gasteiger partial charge in [0, 0.05) is 15.1 Å². The number of rotatable bonds is 2. The highest BCUT2D eigenvalue weighted by atomic mass is 79.9. The zero-order valence-corrected chi connectivity index (χ0v) is 12.9. The molecule has 0 atom stereocenters. The third kappa shape index (κ3) is 3.21. The Kier molecular flexibility index (Phi) is 4.07. The molecule has 0 fully saturated rings. The van der Waals surface area contributed by atoms with Gasteiger partial charge in [-0.3, -0.25) is 0 Å². The van der Waals surface area contributed by atoms with Crippen LogP contribution >= 0.6 is 43.5 Å². The molecule has 0 amide bonds. The summed E-state index contributed by atoms with van der Waals surface area (Å²) in [5.41, 5.74) is 2.12. The molecule has 1 aromatic carbocycles. The number of nitrogens with zero attached hydrogens (tertiary/aromatic N) is 1. The molecule has 1 heterocycles. The van der Waals surface area contributed by atoms with E-state index in [1.165, 1.54) is 5.56 Å². The highest BCUT2D eigenvalue weighted by molar-refractivity contribution is 9.10. The van der Waals surface area contributed by atoms with E-state index in [-0.39, 0.29) is 0 Å². The van der Waals surface area contributed by atoms with Gasteiger partial charge in [-0.2, -0.15) is 0 Å². The van der Waals surface area contributed by atoms with Crippen LogP contribution in [-0.2, 0) is 0 Å². The molecule has 0 saturated carbocycles. The molecule has 0 bridgehead atoms. The Morgan fingerprint density at radius 1 is 1.24 bits per heavy atom. The number of aromatic nitrogens is 1. The van der Waals surface area contributed by atoms with Crippen molar-refractivity contribution in [2.24, 2.45) is 0 Å². The van der Waals surface area contributed by atoms with E-state index in [0.717, 1.165) is 14.6 Å².